The third-order valence-corrected chi connectivity index (χ3v) is 8.24. The fraction of sp³-hybridized carbons (Fsp3) is 0.400. The minimum Gasteiger partial charge on any atom is -0.340 e. The summed E-state index contributed by atoms with van der Waals surface area (Å²) in [4.78, 5) is 13.9. The molecule has 35 heavy (non-hydrogen) atoms. The second-order valence-electron chi connectivity index (χ2n) is 8.76. The molecule has 184 valence electrons. The lowest BCUT2D eigenvalue weighted by molar-refractivity contribution is 0.260. The lowest BCUT2D eigenvalue weighted by atomic mass is 9.95. The van der Waals surface area contributed by atoms with E-state index in [0.29, 0.717) is 10.0 Å². The number of thiophene rings is 1. The van der Waals surface area contributed by atoms with Crippen molar-refractivity contribution in [1.29, 1.82) is 0 Å². The predicted molar refractivity (Wildman–Crippen MR) is 146 cm³/mol. The van der Waals surface area contributed by atoms with Gasteiger partial charge in [-0.15, -0.1) is 11.3 Å². The molecule has 1 aliphatic rings. The first kappa shape index (κ1) is 24.5. The van der Waals surface area contributed by atoms with Crippen LogP contribution in [0.15, 0.2) is 30.7 Å². The smallest absolute Gasteiger partial charge is 0.142 e. The van der Waals surface area contributed by atoms with E-state index < -0.39 is 0 Å². The molecule has 0 amide bonds. The van der Waals surface area contributed by atoms with Gasteiger partial charge in [-0.2, -0.15) is 5.10 Å². The lowest BCUT2D eigenvalue weighted by Gasteiger charge is -2.21. The Hall–Kier alpha value is -2.23. The number of fused-ring (bicyclic) bond motifs is 5. The maximum Gasteiger partial charge on any atom is 0.142 e. The first-order valence-corrected chi connectivity index (χ1v) is 13.6. The fourth-order valence-corrected chi connectivity index (χ4v) is 6.13. The Morgan fingerprint density at radius 2 is 2.00 bits per heavy atom. The molecule has 0 fully saturated rings. The van der Waals surface area contributed by atoms with Gasteiger partial charge in [0.2, 0.25) is 0 Å². The van der Waals surface area contributed by atoms with Crippen molar-refractivity contribution in [3.8, 4) is 10.4 Å². The van der Waals surface area contributed by atoms with E-state index in [-0.39, 0.29) is 0 Å². The van der Waals surface area contributed by atoms with Gasteiger partial charge < -0.3 is 15.5 Å². The van der Waals surface area contributed by atoms with Crippen molar-refractivity contribution in [3.63, 3.8) is 0 Å². The molecule has 0 saturated carbocycles. The van der Waals surface area contributed by atoms with Gasteiger partial charge in [0.25, 0.3) is 0 Å². The van der Waals surface area contributed by atoms with E-state index in [1.807, 2.05) is 19.2 Å². The van der Waals surface area contributed by atoms with Crippen LogP contribution in [0, 0.1) is 0 Å². The highest BCUT2D eigenvalue weighted by Gasteiger charge is 2.26. The zero-order valence-electron chi connectivity index (χ0n) is 19.9. The molecule has 5 rings (SSSR count). The number of rotatable bonds is 10. The van der Waals surface area contributed by atoms with Gasteiger partial charge in [-0.25, -0.2) is 9.97 Å². The number of halogens is 2. The van der Waals surface area contributed by atoms with E-state index in [0.717, 1.165) is 73.7 Å². The first-order chi connectivity index (χ1) is 17.1. The average molecular weight is 531 g/mol. The maximum atomic E-state index is 6.22. The van der Waals surface area contributed by atoms with Crippen molar-refractivity contribution in [1.82, 2.24) is 30.0 Å². The number of likely N-dealkylation sites (N-methyl/N-ethyl adjacent to an activating group) is 1. The monoisotopic (exact) mass is 529 g/mol. The van der Waals surface area contributed by atoms with Crippen LogP contribution >= 0.6 is 34.5 Å². The molecule has 0 saturated heterocycles. The first-order valence-electron chi connectivity index (χ1n) is 12.0. The maximum absolute atomic E-state index is 6.22. The average Bonchev–Trinajstić information content (AvgIpc) is 3.44. The van der Waals surface area contributed by atoms with Crippen LogP contribution in [-0.2, 0) is 19.4 Å². The highest BCUT2D eigenvalue weighted by molar-refractivity contribution is 7.22. The Kier molecular flexibility index (Phi) is 7.55. The summed E-state index contributed by atoms with van der Waals surface area (Å²) < 4.78 is 2.12. The van der Waals surface area contributed by atoms with E-state index in [2.05, 4.69) is 43.3 Å². The highest BCUT2D eigenvalue weighted by Crippen LogP contribution is 2.45. The van der Waals surface area contributed by atoms with Gasteiger partial charge in [0.1, 0.15) is 17.0 Å². The number of aromatic nitrogens is 4. The number of anilines is 2. The Morgan fingerprint density at radius 1 is 1.11 bits per heavy atom. The van der Waals surface area contributed by atoms with E-state index in [4.69, 9.17) is 28.3 Å². The summed E-state index contributed by atoms with van der Waals surface area (Å²) in [6.07, 6.45) is 6.82. The Bertz CT molecular complexity index is 1330. The van der Waals surface area contributed by atoms with Crippen LogP contribution in [0.1, 0.15) is 24.6 Å². The molecule has 3 heterocycles. The van der Waals surface area contributed by atoms with Crippen molar-refractivity contribution in [2.24, 2.45) is 0 Å². The van der Waals surface area contributed by atoms with Crippen LogP contribution in [0.5, 0.6) is 0 Å². The van der Waals surface area contributed by atoms with E-state index in [1.165, 1.54) is 21.7 Å². The van der Waals surface area contributed by atoms with Crippen LogP contribution in [-0.4, -0.2) is 57.9 Å². The molecule has 0 unspecified atom stereocenters. The van der Waals surface area contributed by atoms with E-state index in [9.17, 15) is 0 Å². The van der Waals surface area contributed by atoms with E-state index in [1.54, 1.807) is 23.7 Å². The van der Waals surface area contributed by atoms with Crippen molar-refractivity contribution in [2.75, 3.05) is 38.5 Å². The summed E-state index contributed by atoms with van der Waals surface area (Å²) in [5.41, 5.74) is 4.54. The zero-order valence-corrected chi connectivity index (χ0v) is 22.3. The topological polar surface area (TPSA) is 70.9 Å². The molecular weight excluding hydrogens is 501 g/mol. The summed E-state index contributed by atoms with van der Waals surface area (Å²) in [5, 5.41) is 13.7. The summed E-state index contributed by atoms with van der Waals surface area (Å²) in [6.45, 7) is 7.28. The van der Waals surface area contributed by atoms with Gasteiger partial charge >= 0.3 is 0 Å². The van der Waals surface area contributed by atoms with Gasteiger partial charge in [0.05, 0.1) is 27.7 Å². The Morgan fingerprint density at radius 3 is 2.80 bits per heavy atom. The molecular formula is C25H29Cl2N7S. The zero-order chi connectivity index (χ0) is 24.4. The van der Waals surface area contributed by atoms with Crippen LogP contribution in [0.3, 0.4) is 0 Å². The molecule has 0 radical (unpaired) electrons. The number of hydrogen-bond donors (Lipinski definition) is 2. The van der Waals surface area contributed by atoms with Gasteiger partial charge in [0, 0.05) is 42.0 Å². The predicted octanol–water partition coefficient (Wildman–Crippen LogP) is 5.64. The quantitative estimate of drug-likeness (QED) is 0.277. The lowest BCUT2D eigenvalue weighted by Crippen LogP contribution is -2.34. The summed E-state index contributed by atoms with van der Waals surface area (Å²) >= 11 is 14.0. The summed E-state index contributed by atoms with van der Waals surface area (Å²) in [7, 11) is 2.00. The number of nitrogens with zero attached hydrogens (tertiary/aromatic N) is 5. The molecule has 1 aliphatic carbocycles. The second kappa shape index (κ2) is 10.8. The van der Waals surface area contributed by atoms with Crippen molar-refractivity contribution >= 4 is 56.3 Å². The van der Waals surface area contributed by atoms with Crippen molar-refractivity contribution < 1.29 is 0 Å². The number of aryl methyl sites for hydroxylation is 2. The van der Waals surface area contributed by atoms with Crippen LogP contribution in [0.25, 0.3) is 20.7 Å². The van der Waals surface area contributed by atoms with Crippen molar-refractivity contribution in [3.05, 3.63) is 52.0 Å². The van der Waals surface area contributed by atoms with Crippen LogP contribution < -0.4 is 10.6 Å². The van der Waals surface area contributed by atoms with Crippen LogP contribution in [0.4, 0.5) is 11.5 Å². The summed E-state index contributed by atoms with van der Waals surface area (Å²) in [5.74, 6) is 0.793. The largest absolute Gasteiger partial charge is 0.340 e. The molecule has 7 nitrogen and oxygen atoms in total. The molecule has 2 N–H and O–H groups in total. The third-order valence-electron chi connectivity index (χ3n) is 6.33. The van der Waals surface area contributed by atoms with Gasteiger partial charge in [-0.1, -0.05) is 30.1 Å². The van der Waals surface area contributed by atoms with Gasteiger partial charge in [0.15, 0.2) is 0 Å². The third kappa shape index (κ3) is 5.17. The normalized spacial score (nSPS) is 12.8. The number of nitrogens with one attached hydrogen (secondary N) is 2. The van der Waals surface area contributed by atoms with Gasteiger partial charge in [-0.05, 0) is 56.6 Å². The standard InChI is InChI=1S/C25H29Cl2N7S/c1-3-9-33(10-8-28-2)11-12-34-14-18-21(32-34)7-5-17-22-24(29-15-30-25(22)35-23(17)18)31-16-4-6-19(26)20(27)13-16/h4,6,13-15,28H,3,5,7-12H2,1-2H3,(H,29,30,31). The van der Waals surface area contributed by atoms with Crippen molar-refractivity contribution in [2.45, 2.75) is 32.7 Å². The van der Waals surface area contributed by atoms with Crippen LogP contribution in [0.2, 0.25) is 10.0 Å². The molecule has 0 aliphatic heterocycles. The molecule has 10 heteroatoms. The summed E-state index contributed by atoms with van der Waals surface area (Å²) in [6, 6.07) is 5.51. The fourth-order valence-electron chi connectivity index (χ4n) is 4.61. The molecule has 0 atom stereocenters. The molecule has 0 spiro atoms. The Balaban J connectivity index is 1.41. The highest BCUT2D eigenvalue weighted by atomic mass is 35.5. The van der Waals surface area contributed by atoms with Gasteiger partial charge in [-0.3, -0.25) is 4.68 Å². The Labute approximate surface area is 219 Å². The number of benzene rings is 1. The molecule has 1 aromatic carbocycles. The molecule has 4 aromatic rings. The minimum atomic E-state index is 0.509. The SMILES string of the molecule is CCCN(CCNC)CCn1cc2c(n1)CCc1c-2sc2ncnc(Nc3ccc(Cl)c(Cl)c3)c12. The number of hydrogen-bond acceptors (Lipinski definition) is 7. The minimum absolute atomic E-state index is 0.509. The molecule has 0 bridgehead atoms. The molecule has 3 aromatic heterocycles. The van der Waals surface area contributed by atoms with E-state index >= 15 is 0 Å². The second-order valence-corrected chi connectivity index (χ2v) is 10.6.